The lowest BCUT2D eigenvalue weighted by Gasteiger charge is -2.23. The zero-order valence-electron chi connectivity index (χ0n) is 14.4. The molecule has 5 nitrogen and oxygen atoms in total. The lowest BCUT2D eigenvalue weighted by atomic mass is 9.91. The van der Waals surface area contributed by atoms with Gasteiger partial charge in [-0.1, -0.05) is 50.7 Å². The first-order valence-electron chi connectivity index (χ1n) is 7.71. The van der Waals surface area contributed by atoms with Gasteiger partial charge in [-0.15, -0.1) is 0 Å². The highest BCUT2D eigenvalue weighted by molar-refractivity contribution is 8.04. The number of hydrogen-bond donors (Lipinski definition) is 0. The highest BCUT2D eigenvalue weighted by Crippen LogP contribution is 2.30. The van der Waals surface area contributed by atoms with E-state index in [-0.39, 0.29) is 29.9 Å². The van der Waals surface area contributed by atoms with Gasteiger partial charge in [-0.25, -0.2) is 0 Å². The predicted octanol–water partition coefficient (Wildman–Crippen LogP) is 2.68. The summed E-state index contributed by atoms with van der Waals surface area (Å²) < 4.78 is 0. The first-order valence-corrected chi connectivity index (χ1v) is 8.69. The van der Waals surface area contributed by atoms with Crippen molar-refractivity contribution in [2.75, 3.05) is 24.2 Å². The third-order valence-electron chi connectivity index (χ3n) is 3.72. The summed E-state index contributed by atoms with van der Waals surface area (Å²) in [5, 5.41) is 0.551. The summed E-state index contributed by atoms with van der Waals surface area (Å²) in [7, 11) is 1.68. The Morgan fingerprint density at radius 1 is 1.25 bits per heavy atom. The minimum Gasteiger partial charge on any atom is -0.314 e. The van der Waals surface area contributed by atoms with E-state index in [4.69, 9.17) is 0 Å². The molecular formula is C18H22N2O3S. The Labute approximate surface area is 146 Å². The van der Waals surface area contributed by atoms with Crippen LogP contribution in [0.5, 0.6) is 0 Å². The van der Waals surface area contributed by atoms with Crippen molar-refractivity contribution < 1.29 is 14.4 Å². The van der Waals surface area contributed by atoms with E-state index in [0.29, 0.717) is 5.03 Å². The van der Waals surface area contributed by atoms with E-state index < -0.39 is 5.41 Å². The summed E-state index contributed by atoms with van der Waals surface area (Å²) in [6.07, 6.45) is 1.48. The summed E-state index contributed by atoms with van der Waals surface area (Å²) in [5.74, 6) is -0.159. The molecule has 0 aromatic heterocycles. The van der Waals surface area contributed by atoms with Gasteiger partial charge in [0.25, 0.3) is 0 Å². The molecule has 1 aromatic carbocycles. The molecule has 0 unspecified atom stereocenters. The standard InChI is InChI=1S/C18H22N2O3S/c1-18(2,3)14(21)10-17-20(16(23)12-24-17)11-15(22)19(4)13-8-6-5-7-9-13/h5-10H,11-12H2,1-4H3/b17-10-. The number of thioether (sulfide) groups is 1. The number of carbonyl (C=O) groups excluding carboxylic acids is 3. The second kappa shape index (κ2) is 7.21. The Kier molecular flexibility index (Phi) is 5.49. The number of carbonyl (C=O) groups is 3. The van der Waals surface area contributed by atoms with Gasteiger partial charge in [-0.3, -0.25) is 19.3 Å². The molecule has 2 amide bonds. The van der Waals surface area contributed by atoms with E-state index in [0.717, 1.165) is 5.69 Å². The number of amides is 2. The molecule has 0 spiro atoms. The molecule has 1 aromatic rings. The quantitative estimate of drug-likeness (QED) is 0.787. The number of benzene rings is 1. The second-order valence-corrected chi connectivity index (χ2v) is 7.65. The lowest BCUT2D eigenvalue weighted by molar-refractivity contribution is -0.130. The van der Waals surface area contributed by atoms with Crippen molar-refractivity contribution in [2.24, 2.45) is 5.41 Å². The summed E-state index contributed by atoms with van der Waals surface area (Å²) in [6.45, 7) is 5.41. The number of hydrogen-bond acceptors (Lipinski definition) is 4. The minimum absolute atomic E-state index is 0.0615. The van der Waals surface area contributed by atoms with Crippen LogP contribution in [0.15, 0.2) is 41.4 Å². The summed E-state index contributed by atoms with van der Waals surface area (Å²) in [5.41, 5.74) is 0.244. The van der Waals surface area contributed by atoms with Crippen molar-refractivity contribution in [1.29, 1.82) is 0 Å². The van der Waals surface area contributed by atoms with Gasteiger partial charge < -0.3 is 4.90 Å². The second-order valence-electron chi connectivity index (χ2n) is 6.65. The number of anilines is 1. The number of rotatable bonds is 4. The fourth-order valence-electron chi connectivity index (χ4n) is 2.07. The van der Waals surface area contributed by atoms with Crippen LogP contribution in [-0.4, -0.2) is 41.8 Å². The van der Waals surface area contributed by atoms with Crippen LogP contribution in [0.3, 0.4) is 0 Å². The number of allylic oxidation sites excluding steroid dienone is 1. The molecule has 0 saturated carbocycles. The molecule has 1 fully saturated rings. The van der Waals surface area contributed by atoms with Gasteiger partial charge in [0.15, 0.2) is 5.78 Å². The van der Waals surface area contributed by atoms with Crippen molar-refractivity contribution >= 4 is 35.0 Å². The van der Waals surface area contributed by atoms with Crippen molar-refractivity contribution in [2.45, 2.75) is 20.8 Å². The molecule has 6 heteroatoms. The molecule has 0 atom stereocenters. The highest BCUT2D eigenvalue weighted by Gasteiger charge is 2.31. The molecular weight excluding hydrogens is 324 g/mol. The molecule has 1 saturated heterocycles. The van der Waals surface area contributed by atoms with Gasteiger partial charge >= 0.3 is 0 Å². The SMILES string of the molecule is CN(C(=O)CN1C(=O)CS/C1=C\C(=O)C(C)(C)C)c1ccccc1. The summed E-state index contributed by atoms with van der Waals surface area (Å²) in [6, 6.07) is 9.24. The van der Waals surface area contributed by atoms with Gasteiger partial charge in [0.1, 0.15) is 6.54 Å². The van der Waals surface area contributed by atoms with Gasteiger partial charge in [0.05, 0.1) is 10.8 Å². The number of likely N-dealkylation sites (N-methyl/N-ethyl adjacent to an activating group) is 1. The van der Waals surface area contributed by atoms with Crippen LogP contribution < -0.4 is 4.90 Å². The number of nitrogens with zero attached hydrogens (tertiary/aromatic N) is 2. The van der Waals surface area contributed by atoms with E-state index >= 15 is 0 Å². The van der Waals surface area contributed by atoms with Crippen molar-refractivity contribution in [1.82, 2.24) is 4.90 Å². The fourth-order valence-corrected chi connectivity index (χ4v) is 3.01. The molecule has 0 radical (unpaired) electrons. The molecule has 2 rings (SSSR count). The zero-order valence-corrected chi connectivity index (χ0v) is 15.2. The Hall–Kier alpha value is -2.08. The average Bonchev–Trinajstić information content (AvgIpc) is 2.87. The molecule has 0 N–H and O–H groups in total. The van der Waals surface area contributed by atoms with Crippen LogP contribution in [0, 0.1) is 5.41 Å². The molecule has 24 heavy (non-hydrogen) atoms. The third kappa shape index (κ3) is 4.26. The maximum absolute atomic E-state index is 12.5. The lowest BCUT2D eigenvalue weighted by Crippen LogP contribution is -2.39. The molecule has 0 aliphatic carbocycles. The van der Waals surface area contributed by atoms with Crippen molar-refractivity contribution in [3.63, 3.8) is 0 Å². The topological polar surface area (TPSA) is 57.7 Å². The normalized spacial score (nSPS) is 16.6. The van der Waals surface area contributed by atoms with Crippen molar-refractivity contribution in [3.8, 4) is 0 Å². The van der Waals surface area contributed by atoms with Gasteiger partial charge in [0, 0.05) is 24.2 Å². The highest BCUT2D eigenvalue weighted by atomic mass is 32.2. The maximum atomic E-state index is 12.5. The van der Waals surface area contributed by atoms with Gasteiger partial charge in [-0.05, 0) is 12.1 Å². The van der Waals surface area contributed by atoms with E-state index in [9.17, 15) is 14.4 Å². The molecule has 1 heterocycles. The first-order chi connectivity index (χ1) is 11.2. The van der Waals surface area contributed by atoms with E-state index in [1.165, 1.54) is 27.6 Å². The fraction of sp³-hybridized carbons (Fsp3) is 0.389. The Balaban J connectivity index is 2.14. The maximum Gasteiger partial charge on any atom is 0.246 e. The Bertz CT molecular complexity index is 677. The number of ketones is 1. The molecule has 1 aliphatic heterocycles. The Morgan fingerprint density at radius 3 is 2.46 bits per heavy atom. The predicted molar refractivity (Wildman–Crippen MR) is 96.6 cm³/mol. The van der Waals surface area contributed by atoms with Gasteiger partial charge in [-0.2, -0.15) is 0 Å². The average molecular weight is 346 g/mol. The van der Waals surface area contributed by atoms with Crippen LogP contribution in [0.25, 0.3) is 0 Å². The zero-order chi connectivity index (χ0) is 17.9. The molecule has 0 bridgehead atoms. The smallest absolute Gasteiger partial charge is 0.246 e. The Morgan fingerprint density at radius 2 is 1.88 bits per heavy atom. The molecule has 128 valence electrons. The third-order valence-corrected chi connectivity index (χ3v) is 4.74. The van der Waals surface area contributed by atoms with E-state index in [1.54, 1.807) is 7.05 Å². The van der Waals surface area contributed by atoms with E-state index in [1.807, 2.05) is 51.1 Å². The summed E-state index contributed by atoms with van der Waals surface area (Å²) >= 11 is 1.30. The minimum atomic E-state index is -0.518. The van der Waals surface area contributed by atoms with Crippen LogP contribution in [-0.2, 0) is 14.4 Å². The largest absolute Gasteiger partial charge is 0.314 e. The van der Waals surface area contributed by atoms with Crippen molar-refractivity contribution in [3.05, 3.63) is 41.4 Å². The van der Waals surface area contributed by atoms with Crippen LogP contribution in [0.1, 0.15) is 20.8 Å². The van der Waals surface area contributed by atoms with Crippen LogP contribution in [0.2, 0.25) is 0 Å². The van der Waals surface area contributed by atoms with Crippen LogP contribution in [0.4, 0.5) is 5.69 Å². The molecule has 1 aliphatic rings. The first kappa shape index (κ1) is 18.3. The number of para-hydroxylation sites is 1. The van der Waals surface area contributed by atoms with Gasteiger partial charge in [0.2, 0.25) is 11.8 Å². The van der Waals surface area contributed by atoms with E-state index in [2.05, 4.69) is 0 Å². The summed E-state index contributed by atoms with van der Waals surface area (Å²) in [4.78, 5) is 39.7. The van der Waals surface area contributed by atoms with Crippen LogP contribution >= 0.6 is 11.8 Å². The monoisotopic (exact) mass is 346 g/mol.